The van der Waals surface area contributed by atoms with Crippen molar-refractivity contribution < 1.29 is 4.42 Å². The third-order valence-corrected chi connectivity index (χ3v) is 11.6. The molecule has 1 aliphatic rings. The first-order chi connectivity index (χ1) is 28.3. The molecule has 0 saturated carbocycles. The SMILES string of the molecule is C1=C(c2cccc3c2oc2ccccc23)NC(c2ccccc2-c2cccc3ccccc23)N=C(c2c(-c3cccc4ccccc34)ccc3ccccc23)CC1. The summed E-state index contributed by atoms with van der Waals surface area (Å²) >= 11 is 0. The van der Waals surface area contributed by atoms with Crippen LogP contribution in [0.5, 0.6) is 0 Å². The molecule has 1 N–H and O–H groups in total. The Morgan fingerprint density at radius 1 is 0.439 bits per heavy atom. The maximum Gasteiger partial charge on any atom is 0.145 e. The molecule has 2 heterocycles. The summed E-state index contributed by atoms with van der Waals surface area (Å²) in [7, 11) is 0. The lowest BCUT2D eigenvalue weighted by molar-refractivity contribution is 0.652. The minimum absolute atomic E-state index is 0.416. The van der Waals surface area contributed by atoms with E-state index in [-0.39, 0.29) is 0 Å². The van der Waals surface area contributed by atoms with Crippen LogP contribution in [-0.2, 0) is 0 Å². The molecule has 1 unspecified atom stereocenters. The standard InChI is InChI=1S/C54H38N2O/c1-4-20-38-35(15-1)18-11-26-41(38)43-23-7-8-25-47(43)54-55-49(48-29-13-28-46-44-24-9-10-32-51(44)57-53(46)48)30-14-31-50(56-54)52-40-22-6-3-17-37(40)33-34-45(52)42-27-12-19-36-16-2-5-21-39(36)42/h1-13,15-30,32-34,54-55H,14,31H2. The second-order valence-electron chi connectivity index (χ2n) is 14.9. The van der Waals surface area contributed by atoms with Gasteiger partial charge in [0.25, 0.3) is 0 Å². The molecule has 0 amide bonds. The van der Waals surface area contributed by atoms with Crippen LogP contribution >= 0.6 is 0 Å². The van der Waals surface area contributed by atoms with Gasteiger partial charge in [-0.2, -0.15) is 0 Å². The third-order valence-electron chi connectivity index (χ3n) is 11.6. The summed E-state index contributed by atoms with van der Waals surface area (Å²) < 4.78 is 6.61. The Morgan fingerprint density at radius 3 is 1.75 bits per heavy atom. The van der Waals surface area contributed by atoms with E-state index < -0.39 is 6.17 Å². The summed E-state index contributed by atoms with van der Waals surface area (Å²) in [5.74, 6) is 0. The second kappa shape index (κ2) is 13.8. The molecular formula is C54H38N2O. The Kier molecular flexibility index (Phi) is 8.03. The van der Waals surface area contributed by atoms with Crippen LogP contribution in [0.2, 0.25) is 0 Å². The Labute approximate surface area is 331 Å². The lowest BCUT2D eigenvalue weighted by atomic mass is 9.87. The van der Waals surface area contributed by atoms with Crippen molar-refractivity contribution in [2.24, 2.45) is 4.99 Å². The molecule has 0 fully saturated rings. The Bertz CT molecular complexity index is 3230. The number of aliphatic imine (C=N–C) groups is 1. The third kappa shape index (κ3) is 5.70. The molecule has 0 saturated heterocycles. The maximum atomic E-state index is 6.61. The molecule has 270 valence electrons. The number of hydrogen-bond acceptors (Lipinski definition) is 3. The van der Waals surface area contributed by atoms with Crippen molar-refractivity contribution in [3.05, 3.63) is 211 Å². The molecule has 0 aliphatic carbocycles. The van der Waals surface area contributed by atoms with Gasteiger partial charge in [-0.3, -0.25) is 4.99 Å². The first-order valence-electron chi connectivity index (χ1n) is 19.8. The predicted molar refractivity (Wildman–Crippen MR) is 240 cm³/mol. The first kappa shape index (κ1) is 33.1. The molecule has 1 aliphatic heterocycles. The first-order valence-corrected chi connectivity index (χ1v) is 19.8. The second-order valence-corrected chi connectivity index (χ2v) is 14.9. The average Bonchev–Trinajstić information content (AvgIpc) is 3.65. The molecule has 0 spiro atoms. The van der Waals surface area contributed by atoms with Gasteiger partial charge in [0.2, 0.25) is 0 Å². The fraction of sp³-hybridized carbons (Fsp3) is 0.0556. The topological polar surface area (TPSA) is 37.5 Å². The normalized spacial score (nSPS) is 14.7. The highest BCUT2D eigenvalue weighted by Gasteiger charge is 2.25. The van der Waals surface area contributed by atoms with Gasteiger partial charge in [-0.25, -0.2) is 0 Å². The summed E-state index contributed by atoms with van der Waals surface area (Å²) in [6.45, 7) is 0. The van der Waals surface area contributed by atoms with Gasteiger partial charge < -0.3 is 9.73 Å². The summed E-state index contributed by atoms with van der Waals surface area (Å²) in [5, 5.41) is 13.6. The van der Waals surface area contributed by atoms with E-state index in [2.05, 4.69) is 193 Å². The van der Waals surface area contributed by atoms with Crippen LogP contribution in [0.1, 0.15) is 35.7 Å². The molecule has 3 heteroatoms. The van der Waals surface area contributed by atoms with E-state index in [1.54, 1.807) is 0 Å². The largest absolute Gasteiger partial charge is 0.455 e. The average molecular weight is 731 g/mol. The van der Waals surface area contributed by atoms with E-state index in [0.717, 1.165) is 62.9 Å². The smallest absolute Gasteiger partial charge is 0.145 e. The van der Waals surface area contributed by atoms with Gasteiger partial charge in [0, 0.05) is 38.9 Å². The van der Waals surface area contributed by atoms with E-state index >= 15 is 0 Å². The Balaban J connectivity index is 1.15. The van der Waals surface area contributed by atoms with Crippen LogP contribution in [0.25, 0.3) is 82.2 Å². The summed E-state index contributed by atoms with van der Waals surface area (Å²) in [6, 6.07) is 67.4. The molecule has 57 heavy (non-hydrogen) atoms. The van der Waals surface area contributed by atoms with Gasteiger partial charge in [-0.1, -0.05) is 182 Å². The molecule has 1 atom stereocenters. The number of nitrogens with one attached hydrogen (secondary N) is 1. The number of hydrogen-bond donors (Lipinski definition) is 1. The quantitative estimate of drug-likeness (QED) is 0.191. The van der Waals surface area contributed by atoms with Crippen molar-refractivity contribution in [1.82, 2.24) is 5.32 Å². The van der Waals surface area contributed by atoms with Crippen molar-refractivity contribution in [1.29, 1.82) is 0 Å². The fourth-order valence-electron chi connectivity index (χ4n) is 9.00. The van der Waals surface area contributed by atoms with Gasteiger partial charge in [-0.05, 0) is 79.5 Å². The van der Waals surface area contributed by atoms with Crippen molar-refractivity contribution in [2.75, 3.05) is 0 Å². The van der Waals surface area contributed by atoms with Gasteiger partial charge in [0.15, 0.2) is 0 Å². The van der Waals surface area contributed by atoms with Crippen LogP contribution in [0.4, 0.5) is 0 Å². The summed E-state index contributed by atoms with van der Waals surface area (Å²) in [5.41, 5.74) is 12.0. The number of allylic oxidation sites excluding steroid dienone is 1. The molecule has 9 aromatic carbocycles. The van der Waals surface area contributed by atoms with Crippen molar-refractivity contribution in [3.63, 3.8) is 0 Å². The Hall–Kier alpha value is -7.23. The molecule has 0 radical (unpaired) electrons. The van der Waals surface area contributed by atoms with Crippen molar-refractivity contribution >= 4 is 65.7 Å². The summed E-state index contributed by atoms with van der Waals surface area (Å²) in [6.07, 6.45) is 3.50. The number of benzene rings is 9. The fourth-order valence-corrected chi connectivity index (χ4v) is 9.00. The molecule has 3 nitrogen and oxygen atoms in total. The Morgan fingerprint density at radius 2 is 0.982 bits per heavy atom. The molecular weight excluding hydrogens is 693 g/mol. The lowest BCUT2D eigenvalue weighted by Gasteiger charge is -2.26. The van der Waals surface area contributed by atoms with Gasteiger partial charge in [0.1, 0.15) is 17.3 Å². The van der Waals surface area contributed by atoms with E-state index in [1.807, 2.05) is 6.07 Å². The number of fused-ring (bicyclic) bond motifs is 6. The molecule has 11 rings (SSSR count). The molecule has 10 aromatic rings. The van der Waals surface area contributed by atoms with Crippen LogP contribution in [0, 0.1) is 0 Å². The zero-order valence-electron chi connectivity index (χ0n) is 31.3. The summed E-state index contributed by atoms with van der Waals surface area (Å²) in [4.78, 5) is 5.89. The van der Waals surface area contributed by atoms with Crippen molar-refractivity contribution in [2.45, 2.75) is 19.0 Å². The van der Waals surface area contributed by atoms with Crippen LogP contribution in [0.3, 0.4) is 0 Å². The highest BCUT2D eigenvalue weighted by atomic mass is 16.3. The van der Waals surface area contributed by atoms with Gasteiger partial charge >= 0.3 is 0 Å². The lowest BCUT2D eigenvalue weighted by Crippen LogP contribution is -2.23. The number of furan rings is 1. The van der Waals surface area contributed by atoms with E-state index in [4.69, 9.17) is 9.41 Å². The van der Waals surface area contributed by atoms with Crippen molar-refractivity contribution in [3.8, 4) is 22.3 Å². The van der Waals surface area contributed by atoms with E-state index in [1.165, 1.54) is 54.6 Å². The monoisotopic (exact) mass is 730 g/mol. The zero-order valence-corrected chi connectivity index (χ0v) is 31.3. The molecule has 1 aromatic heterocycles. The predicted octanol–water partition coefficient (Wildman–Crippen LogP) is 14.3. The van der Waals surface area contributed by atoms with Crippen LogP contribution in [0.15, 0.2) is 204 Å². The number of nitrogens with zero attached hydrogens (tertiary/aromatic N) is 1. The van der Waals surface area contributed by atoms with Crippen LogP contribution < -0.4 is 5.32 Å². The highest BCUT2D eigenvalue weighted by Crippen LogP contribution is 2.41. The van der Waals surface area contributed by atoms with E-state index in [0.29, 0.717) is 0 Å². The maximum absolute atomic E-state index is 6.61. The molecule has 0 bridgehead atoms. The minimum atomic E-state index is -0.416. The minimum Gasteiger partial charge on any atom is -0.455 e. The van der Waals surface area contributed by atoms with E-state index in [9.17, 15) is 0 Å². The number of para-hydroxylation sites is 2. The number of rotatable bonds is 5. The van der Waals surface area contributed by atoms with Crippen LogP contribution in [-0.4, -0.2) is 5.71 Å². The van der Waals surface area contributed by atoms with Gasteiger partial charge in [0.05, 0.1) is 0 Å². The zero-order chi connectivity index (χ0) is 37.7. The van der Waals surface area contributed by atoms with Gasteiger partial charge in [-0.15, -0.1) is 0 Å². The highest BCUT2D eigenvalue weighted by molar-refractivity contribution is 6.18.